The minimum atomic E-state index is -0.330. The standard InChI is InChI=1S/C17H26N6O2/c1-23(2)17-20-16(21-22-17)11-7-12(14(24)8-11)9-18-10-13-5-4-6-15(19-13)25-3/h4-6,11-12,14,18,24H,7-10H2,1-3H3,(H,20,21,22)/t11-,12+,14+/m0/s1. The summed E-state index contributed by atoms with van der Waals surface area (Å²) >= 11 is 0. The van der Waals surface area contributed by atoms with E-state index in [0.29, 0.717) is 24.8 Å². The van der Waals surface area contributed by atoms with Gasteiger partial charge in [0, 0.05) is 39.2 Å². The molecule has 2 aromatic rings. The number of nitrogens with zero attached hydrogens (tertiary/aromatic N) is 4. The molecule has 0 aromatic carbocycles. The van der Waals surface area contributed by atoms with E-state index >= 15 is 0 Å². The number of hydrogen-bond donors (Lipinski definition) is 3. The zero-order chi connectivity index (χ0) is 17.8. The Bertz CT molecular complexity index is 689. The molecule has 3 rings (SSSR count). The summed E-state index contributed by atoms with van der Waals surface area (Å²) in [6.45, 7) is 1.39. The van der Waals surface area contributed by atoms with Gasteiger partial charge in [-0.05, 0) is 24.8 Å². The molecule has 2 aromatic heterocycles. The normalized spacial score (nSPS) is 23.0. The number of aromatic nitrogens is 4. The van der Waals surface area contributed by atoms with Gasteiger partial charge in [-0.2, -0.15) is 4.98 Å². The monoisotopic (exact) mass is 346 g/mol. The molecule has 1 fully saturated rings. The second kappa shape index (κ2) is 7.79. The van der Waals surface area contributed by atoms with Crippen molar-refractivity contribution < 1.29 is 9.84 Å². The number of aliphatic hydroxyl groups is 1. The van der Waals surface area contributed by atoms with E-state index in [4.69, 9.17) is 4.74 Å². The predicted octanol–water partition coefficient (Wildman–Crippen LogP) is 0.919. The Morgan fingerprint density at radius 1 is 1.32 bits per heavy atom. The molecule has 1 aliphatic rings. The van der Waals surface area contributed by atoms with E-state index in [1.54, 1.807) is 7.11 Å². The van der Waals surface area contributed by atoms with Crippen LogP contribution in [-0.2, 0) is 6.54 Å². The van der Waals surface area contributed by atoms with Crippen LogP contribution in [0, 0.1) is 5.92 Å². The summed E-state index contributed by atoms with van der Waals surface area (Å²) in [6, 6.07) is 5.71. The number of aromatic amines is 1. The number of rotatable bonds is 7. The minimum absolute atomic E-state index is 0.198. The highest BCUT2D eigenvalue weighted by Gasteiger charge is 2.35. The molecule has 0 saturated heterocycles. The lowest BCUT2D eigenvalue weighted by Crippen LogP contribution is -2.27. The van der Waals surface area contributed by atoms with E-state index in [1.165, 1.54) is 0 Å². The molecule has 0 amide bonds. The average molecular weight is 346 g/mol. The van der Waals surface area contributed by atoms with Crippen LogP contribution >= 0.6 is 0 Å². The average Bonchev–Trinajstić information content (AvgIpc) is 3.22. The maximum Gasteiger partial charge on any atom is 0.244 e. The lowest BCUT2D eigenvalue weighted by atomic mass is 10.0. The van der Waals surface area contributed by atoms with Crippen LogP contribution in [-0.4, -0.2) is 59.1 Å². The summed E-state index contributed by atoms with van der Waals surface area (Å²) < 4.78 is 5.13. The van der Waals surface area contributed by atoms with Crippen molar-refractivity contribution in [3.8, 4) is 5.88 Å². The minimum Gasteiger partial charge on any atom is -0.481 e. The van der Waals surface area contributed by atoms with Crippen LogP contribution in [0.1, 0.15) is 30.3 Å². The molecule has 3 N–H and O–H groups in total. The third-order valence-corrected chi connectivity index (χ3v) is 4.64. The molecule has 0 radical (unpaired) electrons. The molecule has 0 spiro atoms. The van der Waals surface area contributed by atoms with Crippen molar-refractivity contribution in [3.05, 3.63) is 29.7 Å². The van der Waals surface area contributed by atoms with Gasteiger partial charge >= 0.3 is 0 Å². The van der Waals surface area contributed by atoms with Gasteiger partial charge in [0.15, 0.2) is 0 Å². The fourth-order valence-electron chi connectivity index (χ4n) is 3.25. The third-order valence-electron chi connectivity index (χ3n) is 4.64. The Balaban J connectivity index is 1.51. The Kier molecular flexibility index (Phi) is 5.50. The van der Waals surface area contributed by atoms with Crippen LogP contribution in [0.3, 0.4) is 0 Å². The lowest BCUT2D eigenvalue weighted by Gasteiger charge is -2.15. The highest BCUT2D eigenvalue weighted by atomic mass is 16.5. The van der Waals surface area contributed by atoms with Gasteiger partial charge in [0.2, 0.25) is 11.8 Å². The molecular weight excluding hydrogens is 320 g/mol. The van der Waals surface area contributed by atoms with Crippen molar-refractivity contribution in [1.82, 2.24) is 25.5 Å². The fourth-order valence-corrected chi connectivity index (χ4v) is 3.25. The van der Waals surface area contributed by atoms with Crippen molar-refractivity contribution in [3.63, 3.8) is 0 Å². The van der Waals surface area contributed by atoms with Crippen LogP contribution in [0.2, 0.25) is 0 Å². The van der Waals surface area contributed by atoms with Gasteiger partial charge in [-0.25, -0.2) is 4.98 Å². The van der Waals surface area contributed by atoms with Crippen molar-refractivity contribution >= 4 is 5.95 Å². The van der Waals surface area contributed by atoms with Gasteiger partial charge in [-0.1, -0.05) is 6.07 Å². The van der Waals surface area contributed by atoms with Gasteiger partial charge in [0.25, 0.3) is 0 Å². The molecule has 1 aliphatic carbocycles. The Morgan fingerprint density at radius 3 is 2.88 bits per heavy atom. The first-order valence-corrected chi connectivity index (χ1v) is 8.55. The Labute approximate surface area is 147 Å². The summed E-state index contributed by atoms with van der Waals surface area (Å²) in [5, 5.41) is 21.0. The molecule has 8 heteroatoms. The first-order valence-electron chi connectivity index (χ1n) is 8.55. The van der Waals surface area contributed by atoms with E-state index in [1.807, 2.05) is 37.2 Å². The highest BCUT2D eigenvalue weighted by Crippen LogP contribution is 2.37. The van der Waals surface area contributed by atoms with Crippen molar-refractivity contribution in [2.75, 3.05) is 32.6 Å². The number of aliphatic hydroxyl groups excluding tert-OH is 1. The van der Waals surface area contributed by atoms with Gasteiger partial charge in [-0.3, -0.25) is 5.10 Å². The first-order chi connectivity index (χ1) is 12.1. The number of methoxy groups -OCH3 is 1. The molecule has 136 valence electrons. The van der Waals surface area contributed by atoms with Gasteiger partial charge < -0.3 is 20.1 Å². The van der Waals surface area contributed by atoms with E-state index in [-0.39, 0.29) is 17.9 Å². The number of hydrogen-bond acceptors (Lipinski definition) is 7. The molecule has 0 unspecified atom stereocenters. The molecule has 25 heavy (non-hydrogen) atoms. The number of H-pyrrole nitrogens is 1. The van der Waals surface area contributed by atoms with Crippen molar-refractivity contribution in [1.29, 1.82) is 0 Å². The van der Waals surface area contributed by atoms with Crippen molar-refractivity contribution in [2.45, 2.75) is 31.4 Å². The van der Waals surface area contributed by atoms with Crippen LogP contribution < -0.4 is 15.0 Å². The second-order valence-corrected chi connectivity index (χ2v) is 6.71. The molecule has 3 atom stereocenters. The molecule has 8 nitrogen and oxygen atoms in total. The van der Waals surface area contributed by atoms with E-state index < -0.39 is 0 Å². The molecule has 1 saturated carbocycles. The van der Waals surface area contributed by atoms with Gasteiger partial charge in [-0.15, -0.1) is 5.10 Å². The molecule has 0 bridgehead atoms. The SMILES string of the molecule is COc1cccc(CNC[C@H]2C[C@H](c3nc(N(C)C)n[nH]3)C[C@H]2O)n1. The quantitative estimate of drug-likeness (QED) is 0.685. The largest absolute Gasteiger partial charge is 0.481 e. The number of pyridine rings is 1. The van der Waals surface area contributed by atoms with Crippen LogP contribution in [0.4, 0.5) is 5.95 Å². The number of anilines is 1. The first kappa shape index (κ1) is 17.6. The Morgan fingerprint density at radius 2 is 2.16 bits per heavy atom. The van der Waals surface area contributed by atoms with E-state index in [2.05, 4.69) is 25.5 Å². The number of nitrogens with one attached hydrogen (secondary N) is 2. The summed E-state index contributed by atoms with van der Waals surface area (Å²) in [7, 11) is 5.44. The Hall–Kier alpha value is -2.19. The molecule has 0 aliphatic heterocycles. The summed E-state index contributed by atoms with van der Waals surface area (Å²) in [6.07, 6.45) is 1.27. The zero-order valence-electron chi connectivity index (χ0n) is 14.9. The second-order valence-electron chi connectivity index (χ2n) is 6.71. The summed E-state index contributed by atoms with van der Waals surface area (Å²) in [4.78, 5) is 10.8. The fraction of sp³-hybridized carbons (Fsp3) is 0.588. The maximum absolute atomic E-state index is 10.4. The lowest BCUT2D eigenvalue weighted by molar-refractivity contribution is 0.131. The van der Waals surface area contributed by atoms with Crippen LogP contribution in [0.15, 0.2) is 18.2 Å². The van der Waals surface area contributed by atoms with Gasteiger partial charge in [0.05, 0.1) is 18.9 Å². The number of ether oxygens (including phenoxy) is 1. The van der Waals surface area contributed by atoms with Crippen LogP contribution in [0.5, 0.6) is 5.88 Å². The van der Waals surface area contributed by atoms with Gasteiger partial charge in [0.1, 0.15) is 5.82 Å². The molecule has 2 heterocycles. The maximum atomic E-state index is 10.4. The van der Waals surface area contributed by atoms with Crippen molar-refractivity contribution in [2.24, 2.45) is 5.92 Å². The smallest absolute Gasteiger partial charge is 0.244 e. The predicted molar refractivity (Wildman–Crippen MR) is 94.7 cm³/mol. The topological polar surface area (TPSA) is 99.2 Å². The molecular formula is C17H26N6O2. The summed E-state index contributed by atoms with van der Waals surface area (Å²) in [5.74, 6) is 2.57. The van der Waals surface area contributed by atoms with E-state index in [0.717, 1.165) is 24.5 Å². The summed E-state index contributed by atoms with van der Waals surface area (Å²) in [5.41, 5.74) is 0.925. The zero-order valence-corrected chi connectivity index (χ0v) is 14.9. The third kappa shape index (κ3) is 4.26. The van der Waals surface area contributed by atoms with E-state index in [9.17, 15) is 5.11 Å². The van der Waals surface area contributed by atoms with Crippen LogP contribution in [0.25, 0.3) is 0 Å². The highest BCUT2D eigenvalue weighted by molar-refractivity contribution is 5.26.